The second kappa shape index (κ2) is 9.33. The van der Waals surface area contributed by atoms with Crippen LogP contribution in [0.1, 0.15) is 20.9 Å². The number of fused-ring (bicyclic) bond motifs is 1. The van der Waals surface area contributed by atoms with E-state index in [1.54, 1.807) is 35.6 Å². The minimum atomic E-state index is -0.477. The van der Waals surface area contributed by atoms with Gasteiger partial charge >= 0.3 is 0 Å². The van der Waals surface area contributed by atoms with Gasteiger partial charge in [0.25, 0.3) is 5.91 Å². The summed E-state index contributed by atoms with van der Waals surface area (Å²) in [5.41, 5.74) is 3.69. The Balaban J connectivity index is 1.51. The number of thiophene rings is 1. The molecular weight excluding hydrogens is 469 g/mol. The van der Waals surface area contributed by atoms with Crippen LogP contribution in [0.5, 0.6) is 0 Å². The molecule has 34 heavy (non-hydrogen) atoms. The van der Waals surface area contributed by atoms with Gasteiger partial charge < -0.3 is 0 Å². The Morgan fingerprint density at radius 2 is 1.76 bits per heavy atom. The molecule has 4 nitrogen and oxygen atoms in total. The number of para-hydroxylation sites is 3. The summed E-state index contributed by atoms with van der Waals surface area (Å²) >= 11 is 7.72. The fourth-order valence-electron chi connectivity index (χ4n) is 3.71. The SMILES string of the molecule is Cc1cc(-c2ccc(CN(C(=O)c3cnc4ccccc4n3)c3ccccc3F)s2)ccc1Cl. The highest BCUT2D eigenvalue weighted by atomic mass is 35.5. The summed E-state index contributed by atoms with van der Waals surface area (Å²) in [6.45, 7) is 2.16. The van der Waals surface area contributed by atoms with Gasteiger partial charge in [-0.05, 0) is 66.6 Å². The van der Waals surface area contributed by atoms with Gasteiger partial charge in [-0.25, -0.2) is 9.37 Å². The van der Waals surface area contributed by atoms with Crippen LogP contribution in [-0.2, 0) is 6.54 Å². The van der Waals surface area contributed by atoms with E-state index in [2.05, 4.69) is 9.97 Å². The molecule has 3 aromatic carbocycles. The van der Waals surface area contributed by atoms with E-state index in [-0.39, 0.29) is 17.9 Å². The van der Waals surface area contributed by atoms with Gasteiger partial charge in [-0.15, -0.1) is 11.3 Å². The minimum absolute atomic E-state index is 0.159. The zero-order chi connectivity index (χ0) is 23.7. The smallest absolute Gasteiger partial charge is 0.278 e. The van der Waals surface area contributed by atoms with Crippen LogP contribution in [0, 0.1) is 12.7 Å². The second-order valence-electron chi connectivity index (χ2n) is 7.82. The van der Waals surface area contributed by atoms with Gasteiger partial charge in [0.15, 0.2) is 0 Å². The van der Waals surface area contributed by atoms with Gasteiger partial charge in [0.05, 0.1) is 29.5 Å². The topological polar surface area (TPSA) is 46.1 Å². The summed E-state index contributed by atoms with van der Waals surface area (Å²) in [7, 11) is 0. The number of nitrogens with zero attached hydrogens (tertiary/aromatic N) is 3. The highest BCUT2D eigenvalue weighted by Crippen LogP contribution is 2.32. The first kappa shape index (κ1) is 22.2. The van der Waals surface area contributed by atoms with Crippen LogP contribution in [-0.4, -0.2) is 15.9 Å². The van der Waals surface area contributed by atoms with E-state index < -0.39 is 11.7 Å². The van der Waals surface area contributed by atoms with E-state index in [1.807, 2.05) is 55.5 Å². The molecular formula is C27H19ClFN3OS. The molecule has 168 valence electrons. The molecule has 2 aromatic heterocycles. The molecule has 0 saturated heterocycles. The average Bonchev–Trinajstić information content (AvgIpc) is 3.33. The highest BCUT2D eigenvalue weighted by molar-refractivity contribution is 7.15. The summed E-state index contributed by atoms with van der Waals surface area (Å²) in [6, 6.07) is 23.4. The Kier molecular flexibility index (Phi) is 6.09. The van der Waals surface area contributed by atoms with Gasteiger partial charge in [0, 0.05) is 14.8 Å². The number of hydrogen-bond acceptors (Lipinski definition) is 4. The molecule has 5 rings (SSSR count). The average molecular weight is 488 g/mol. The van der Waals surface area contributed by atoms with E-state index in [4.69, 9.17) is 11.6 Å². The van der Waals surface area contributed by atoms with Crippen LogP contribution in [0.25, 0.3) is 21.5 Å². The molecule has 5 aromatic rings. The first-order valence-corrected chi connectivity index (χ1v) is 11.8. The second-order valence-corrected chi connectivity index (χ2v) is 9.39. The number of benzene rings is 3. The molecule has 7 heteroatoms. The number of hydrogen-bond donors (Lipinski definition) is 0. The molecule has 0 aliphatic heterocycles. The van der Waals surface area contributed by atoms with Crippen molar-refractivity contribution in [1.29, 1.82) is 0 Å². The van der Waals surface area contributed by atoms with Crippen molar-refractivity contribution in [2.75, 3.05) is 4.90 Å². The van der Waals surface area contributed by atoms with E-state index in [0.717, 1.165) is 20.9 Å². The van der Waals surface area contributed by atoms with Gasteiger partial charge in [0.1, 0.15) is 11.5 Å². The molecule has 0 N–H and O–H groups in total. The Morgan fingerprint density at radius 1 is 1.00 bits per heavy atom. The van der Waals surface area contributed by atoms with Crippen molar-refractivity contribution in [1.82, 2.24) is 9.97 Å². The maximum Gasteiger partial charge on any atom is 0.278 e. The number of carbonyl (C=O) groups is 1. The number of carbonyl (C=O) groups excluding carboxylic acids is 1. The molecule has 0 fully saturated rings. The molecule has 0 aliphatic carbocycles. The van der Waals surface area contributed by atoms with Crippen molar-refractivity contribution in [3.8, 4) is 10.4 Å². The van der Waals surface area contributed by atoms with Crippen LogP contribution < -0.4 is 4.90 Å². The molecule has 0 radical (unpaired) electrons. The number of anilines is 1. The molecule has 0 bridgehead atoms. The summed E-state index contributed by atoms with van der Waals surface area (Å²) in [5.74, 6) is -0.893. The van der Waals surface area contributed by atoms with Crippen LogP contribution >= 0.6 is 22.9 Å². The third-order valence-electron chi connectivity index (χ3n) is 5.47. The fourth-order valence-corrected chi connectivity index (χ4v) is 4.82. The maximum atomic E-state index is 14.8. The largest absolute Gasteiger partial charge is 0.299 e. The number of halogens is 2. The molecule has 0 atom stereocenters. The summed E-state index contributed by atoms with van der Waals surface area (Å²) in [6.07, 6.45) is 1.44. The minimum Gasteiger partial charge on any atom is -0.299 e. The van der Waals surface area contributed by atoms with Gasteiger partial charge in [-0.1, -0.05) is 41.9 Å². The predicted molar refractivity (Wildman–Crippen MR) is 136 cm³/mol. The molecule has 0 spiro atoms. The van der Waals surface area contributed by atoms with Crippen molar-refractivity contribution in [2.24, 2.45) is 0 Å². The van der Waals surface area contributed by atoms with Crippen molar-refractivity contribution < 1.29 is 9.18 Å². The van der Waals surface area contributed by atoms with Crippen LogP contribution in [0.4, 0.5) is 10.1 Å². The maximum absolute atomic E-state index is 14.8. The van der Waals surface area contributed by atoms with Crippen molar-refractivity contribution in [3.05, 3.63) is 112 Å². The molecule has 0 saturated carbocycles. The van der Waals surface area contributed by atoms with Crippen LogP contribution in [0.15, 0.2) is 85.1 Å². The summed E-state index contributed by atoms with van der Waals surface area (Å²) < 4.78 is 14.8. The number of amides is 1. The van der Waals surface area contributed by atoms with Crippen LogP contribution in [0.2, 0.25) is 5.02 Å². The Bertz CT molecular complexity index is 1520. The zero-order valence-electron chi connectivity index (χ0n) is 18.2. The van der Waals surface area contributed by atoms with E-state index in [9.17, 15) is 9.18 Å². The molecule has 0 aliphatic rings. The van der Waals surface area contributed by atoms with Gasteiger partial charge in [-0.3, -0.25) is 14.7 Å². The predicted octanol–water partition coefficient (Wildman–Crippen LogP) is 7.31. The normalized spacial score (nSPS) is 11.0. The molecule has 0 unspecified atom stereocenters. The Hall–Kier alpha value is -3.61. The fraction of sp³-hybridized carbons (Fsp3) is 0.0741. The van der Waals surface area contributed by atoms with Crippen LogP contribution in [0.3, 0.4) is 0 Å². The quantitative estimate of drug-likeness (QED) is 0.261. The number of aromatic nitrogens is 2. The van der Waals surface area contributed by atoms with Crippen molar-refractivity contribution in [2.45, 2.75) is 13.5 Å². The van der Waals surface area contributed by atoms with E-state index >= 15 is 0 Å². The lowest BCUT2D eigenvalue weighted by atomic mass is 10.1. The summed E-state index contributed by atoms with van der Waals surface area (Å²) in [5, 5.41) is 0.716. The zero-order valence-corrected chi connectivity index (χ0v) is 19.8. The lowest BCUT2D eigenvalue weighted by molar-refractivity contribution is 0.0979. The monoisotopic (exact) mass is 487 g/mol. The van der Waals surface area contributed by atoms with E-state index in [0.29, 0.717) is 16.1 Å². The third-order valence-corrected chi connectivity index (χ3v) is 7.02. The van der Waals surface area contributed by atoms with Crippen molar-refractivity contribution >= 4 is 45.6 Å². The molecule has 2 heterocycles. The van der Waals surface area contributed by atoms with Crippen molar-refractivity contribution in [3.63, 3.8) is 0 Å². The summed E-state index contributed by atoms with van der Waals surface area (Å²) in [4.78, 5) is 25.8. The van der Waals surface area contributed by atoms with Gasteiger partial charge in [-0.2, -0.15) is 0 Å². The number of aryl methyl sites for hydroxylation is 1. The standard InChI is InChI=1S/C27H19ClFN3OS/c1-17-14-18(10-12-20(17)28)26-13-11-19(34-26)16-32(25-9-5-2-6-21(25)29)27(33)24-15-30-22-7-3-4-8-23(22)31-24/h2-15H,16H2,1H3. The Labute approximate surface area is 205 Å². The lowest BCUT2D eigenvalue weighted by Gasteiger charge is -2.22. The Morgan fingerprint density at radius 3 is 2.56 bits per heavy atom. The first-order chi connectivity index (χ1) is 16.5. The van der Waals surface area contributed by atoms with Gasteiger partial charge in [0.2, 0.25) is 0 Å². The lowest BCUT2D eigenvalue weighted by Crippen LogP contribution is -2.31. The van der Waals surface area contributed by atoms with E-state index in [1.165, 1.54) is 17.2 Å². The number of rotatable bonds is 5. The third kappa shape index (κ3) is 4.42. The first-order valence-electron chi connectivity index (χ1n) is 10.6. The highest BCUT2D eigenvalue weighted by Gasteiger charge is 2.23. The molecule has 1 amide bonds.